The van der Waals surface area contributed by atoms with Gasteiger partial charge in [-0.3, -0.25) is 4.79 Å². The maximum atomic E-state index is 12.9. The third-order valence-electron chi connectivity index (χ3n) is 5.86. The highest BCUT2D eigenvalue weighted by molar-refractivity contribution is 7.20. The summed E-state index contributed by atoms with van der Waals surface area (Å²) in [7, 11) is 0. The first-order valence-electron chi connectivity index (χ1n) is 9.50. The van der Waals surface area contributed by atoms with Crippen molar-refractivity contribution in [3.63, 3.8) is 0 Å². The van der Waals surface area contributed by atoms with Gasteiger partial charge in [-0.15, -0.1) is 11.3 Å². The van der Waals surface area contributed by atoms with E-state index in [-0.39, 0.29) is 11.9 Å². The molecule has 1 aromatic carbocycles. The SMILES string of the molecule is Cc1nn(-c2ccc(Cl)cc2)c2sc(C(=O)N[C@@H]3CCC[C@H](C)[C@@H]3C)cc12. The van der Waals surface area contributed by atoms with Gasteiger partial charge in [-0.25, -0.2) is 4.68 Å². The number of hydrogen-bond acceptors (Lipinski definition) is 3. The highest BCUT2D eigenvalue weighted by Gasteiger charge is 2.29. The highest BCUT2D eigenvalue weighted by Crippen LogP contribution is 2.32. The molecule has 1 N–H and O–H groups in total. The molecule has 4 rings (SSSR count). The molecule has 1 amide bonds. The average molecular weight is 402 g/mol. The van der Waals surface area contributed by atoms with Gasteiger partial charge in [-0.2, -0.15) is 5.10 Å². The molecule has 0 spiro atoms. The maximum absolute atomic E-state index is 12.9. The van der Waals surface area contributed by atoms with Crippen molar-refractivity contribution in [2.45, 2.75) is 46.1 Å². The van der Waals surface area contributed by atoms with E-state index in [1.807, 2.05) is 41.9 Å². The Labute approximate surface area is 168 Å². The maximum Gasteiger partial charge on any atom is 0.261 e. The van der Waals surface area contributed by atoms with E-state index in [0.717, 1.165) is 32.9 Å². The number of aromatic nitrogens is 2. The van der Waals surface area contributed by atoms with Gasteiger partial charge in [0.25, 0.3) is 5.91 Å². The van der Waals surface area contributed by atoms with Crippen molar-refractivity contribution in [3.8, 4) is 5.69 Å². The van der Waals surface area contributed by atoms with Gasteiger partial charge >= 0.3 is 0 Å². The van der Waals surface area contributed by atoms with E-state index in [1.54, 1.807) is 0 Å². The minimum absolute atomic E-state index is 0.0317. The zero-order chi connectivity index (χ0) is 19.1. The fourth-order valence-electron chi connectivity index (χ4n) is 3.94. The third kappa shape index (κ3) is 3.50. The zero-order valence-corrected chi connectivity index (χ0v) is 17.4. The molecule has 6 heteroatoms. The predicted molar refractivity (Wildman–Crippen MR) is 112 cm³/mol. The number of fused-ring (bicyclic) bond motifs is 1. The smallest absolute Gasteiger partial charge is 0.261 e. The van der Waals surface area contributed by atoms with Crippen LogP contribution in [0.2, 0.25) is 5.02 Å². The number of nitrogens with one attached hydrogen (secondary N) is 1. The van der Waals surface area contributed by atoms with Crippen LogP contribution in [0.25, 0.3) is 15.9 Å². The molecule has 0 saturated heterocycles. The van der Waals surface area contributed by atoms with Crippen molar-refractivity contribution in [2.75, 3.05) is 0 Å². The number of halogens is 1. The molecule has 0 unspecified atom stereocenters. The van der Waals surface area contributed by atoms with Gasteiger partial charge < -0.3 is 5.32 Å². The molecule has 3 aromatic rings. The normalized spacial score (nSPS) is 22.9. The summed E-state index contributed by atoms with van der Waals surface area (Å²) in [5.74, 6) is 1.21. The van der Waals surface area contributed by atoms with Crippen molar-refractivity contribution in [1.82, 2.24) is 15.1 Å². The summed E-state index contributed by atoms with van der Waals surface area (Å²) in [5, 5.41) is 9.64. The largest absolute Gasteiger partial charge is 0.348 e. The summed E-state index contributed by atoms with van der Waals surface area (Å²) in [6.45, 7) is 6.52. The number of carbonyl (C=O) groups is 1. The van der Waals surface area contributed by atoms with Crippen LogP contribution in [0.5, 0.6) is 0 Å². The summed E-state index contributed by atoms with van der Waals surface area (Å²) >= 11 is 7.50. The Bertz CT molecular complexity index is 975. The molecular weight excluding hydrogens is 378 g/mol. The Hall–Kier alpha value is -1.85. The summed E-state index contributed by atoms with van der Waals surface area (Å²) in [4.78, 5) is 14.6. The Morgan fingerprint density at radius 1 is 1.26 bits per heavy atom. The van der Waals surface area contributed by atoms with Crippen LogP contribution in [0.1, 0.15) is 48.5 Å². The predicted octanol–water partition coefficient (Wildman–Crippen LogP) is 5.60. The second-order valence-corrected chi connectivity index (χ2v) is 9.12. The summed E-state index contributed by atoms with van der Waals surface area (Å²) in [6, 6.07) is 9.83. The van der Waals surface area contributed by atoms with Gasteiger partial charge in [-0.05, 0) is 55.5 Å². The van der Waals surface area contributed by atoms with Gasteiger partial charge in [-0.1, -0.05) is 38.3 Å². The highest BCUT2D eigenvalue weighted by atomic mass is 35.5. The lowest BCUT2D eigenvalue weighted by Crippen LogP contribution is -2.43. The summed E-state index contributed by atoms with van der Waals surface area (Å²) in [5.41, 5.74) is 1.87. The molecule has 1 aliphatic rings. The number of thiophene rings is 1. The number of amides is 1. The number of aryl methyl sites for hydroxylation is 1. The Kier molecular flexibility index (Phi) is 4.99. The van der Waals surface area contributed by atoms with Gasteiger partial charge in [0.2, 0.25) is 0 Å². The fourth-order valence-corrected chi connectivity index (χ4v) is 5.15. The molecule has 27 heavy (non-hydrogen) atoms. The summed E-state index contributed by atoms with van der Waals surface area (Å²) in [6.07, 6.45) is 3.51. The van der Waals surface area contributed by atoms with E-state index >= 15 is 0 Å². The molecule has 0 aliphatic heterocycles. The minimum atomic E-state index is 0.0317. The molecule has 1 fully saturated rings. The second-order valence-electron chi connectivity index (χ2n) is 7.65. The molecule has 1 aliphatic carbocycles. The first-order valence-corrected chi connectivity index (χ1v) is 10.7. The number of benzene rings is 1. The lowest BCUT2D eigenvalue weighted by molar-refractivity contribution is 0.0895. The molecular formula is C21H24ClN3OS. The van der Waals surface area contributed by atoms with Crippen molar-refractivity contribution < 1.29 is 4.79 Å². The lowest BCUT2D eigenvalue weighted by atomic mass is 9.78. The van der Waals surface area contributed by atoms with E-state index in [9.17, 15) is 4.79 Å². The molecule has 4 nitrogen and oxygen atoms in total. The van der Waals surface area contributed by atoms with E-state index in [2.05, 4.69) is 24.3 Å². The monoisotopic (exact) mass is 401 g/mol. The molecule has 3 atom stereocenters. The first-order chi connectivity index (χ1) is 12.9. The van der Waals surface area contributed by atoms with Gasteiger partial charge in [0.05, 0.1) is 16.3 Å². The molecule has 0 radical (unpaired) electrons. The molecule has 0 bridgehead atoms. The van der Waals surface area contributed by atoms with Crippen LogP contribution >= 0.6 is 22.9 Å². The standard InChI is InChI=1S/C21H24ClN3OS/c1-12-5-4-6-18(13(12)2)23-20(26)19-11-17-14(3)24-25(21(17)27-19)16-9-7-15(22)8-10-16/h7-13,18H,4-6H2,1-3H3,(H,23,26)/t12-,13-,18+/m0/s1. The average Bonchev–Trinajstić information content (AvgIpc) is 3.21. The van der Waals surface area contributed by atoms with Crippen LogP contribution < -0.4 is 5.32 Å². The summed E-state index contributed by atoms with van der Waals surface area (Å²) < 4.78 is 1.90. The molecule has 2 aromatic heterocycles. The van der Waals surface area contributed by atoms with Crippen molar-refractivity contribution in [2.24, 2.45) is 11.8 Å². The van der Waals surface area contributed by atoms with E-state index in [4.69, 9.17) is 11.6 Å². The van der Waals surface area contributed by atoms with Crippen LogP contribution in [-0.4, -0.2) is 21.7 Å². The fraction of sp³-hybridized carbons (Fsp3) is 0.429. The van der Waals surface area contributed by atoms with Crippen molar-refractivity contribution in [3.05, 3.63) is 45.9 Å². The van der Waals surface area contributed by atoms with Gasteiger partial charge in [0, 0.05) is 16.5 Å². The van der Waals surface area contributed by atoms with Crippen LogP contribution in [0, 0.1) is 18.8 Å². The van der Waals surface area contributed by atoms with E-state index in [1.165, 1.54) is 24.2 Å². The van der Waals surface area contributed by atoms with Crippen LogP contribution in [0.4, 0.5) is 0 Å². The van der Waals surface area contributed by atoms with Crippen molar-refractivity contribution in [1.29, 1.82) is 0 Å². The molecule has 142 valence electrons. The van der Waals surface area contributed by atoms with Crippen LogP contribution in [0.3, 0.4) is 0 Å². The Morgan fingerprint density at radius 2 is 2.00 bits per heavy atom. The van der Waals surface area contributed by atoms with Gasteiger partial charge in [0.1, 0.15) is 4.83 Å². The number of nitrogens with zero attached hydrogens (tertiary/aromatic N) is 2. The Morgan fingerprint density at radius 3 is 2.74 bits per heavy atom. The topological polar surface area (TPSA) is 46.9 Å². The number of carbonyl (C=O) groups excluding carboxylic acids is 1. The second kappa shape index (κ2) is 7.28. The first kappa shape index (κ1) is 18.5. The zero-order valence-electron chi connectivity index (χ0n) is 15.8. The lowest BCUT2D eigenvalue weighted by Gasteiger charge is -2.34. The number of hydrogen-bond donors (Lipinski definition) is 1. The molecule has 1 saturated carbocycles. The van der Waals surface area contributed by atoms with E-state index < -0.39 is 0 Å². The van der Waals surface area contributed by atoms with E-state index in [0.29, 0.717) is 16.9 Å². The van der Waals surface area contributed by atoms with Gasteiger partial charge in [0.15, 0.2) is 0 Å². The van der Waals surface area contributed by atoms with Crippen LogP contribution in [0.15, 0.2) is 30.3 Å². The van der Waals surface area contributed by atoms with Crippen LogP contribution in [-0.2, 0) is 0 Å². The molecule has 2 heterocycles. The quantitative estimate of drug-likeness (QED) is 0.620. The Balaban J connectivity index is 1.62. The van der Waals surface area contributed by atoms with Crippen molar-refractivity contribution >= 4 is 39.1 Å². The third-order valence-corrected chi connectivity index (χ3v) is 7.22. The number of rotatable bonds is 3. The minimum Gasteiger partial charge on any atom is -0.348 e.